The quantitative estimate of drug-likeness (QED) is 0.657. The first-order chi connectivity index (χ1) is 13.5. The Kier molecular flexibility index (Phi) is 7.78. The minimum Gasteiger partial charge on any atom is -0.353 e. The lowest BCUT2D eigenvalue weighted by Crippen LogP contribution is -2.45. The zero-order chi connectivity index (χ0) is 19.9. The molecule has 0 radical (unpaired) electrons. The fourth-order valence-electron chi connectivity index (χ4n) is 3.76. The van der Waals surface area contributed by atoms with Crippen molar-refractivity contribution in [2.24, 2.45) is 5.92 Å². The highest BCUT2D eigenvalue weighted by Crippen LogP contribution is 2.25. The summed E-state index contributed by atoms with van der Waals surface area (Å²) in [5.41, 5.74) is 2.37. The lowest BCUT2D eigenvalue weighted by atomic mass is 9.96. The molecule has 0 aromatic heterocycles. The van der Waals surface area contributed by atoms with E-state index in [1.54, 1.807) is 6.07 Å². The number of hydrogen-bond acceptors (Lipinski definition) is 2. The summed E-state index contributed by atoms with van der Waals surface area (Å²) in [5.74, 6) is 0.214. The molecule has 1 amide bonds. The normalized spacial score (nSPS) is 18.6. The number of hydrogen-bond donors (Lipinski definition) is 1. The Morgan fingerprint density at radius 1 is 1.21 bits per heavy atom. The molecule has 1 aliphatic rings. The van der Waals surface area contributed by atoms with E-state index in [2.05, 4.69) is 41.4 Å². The SMILES string of the molecule is C[C@@H](CCc1ccccc1)NC(=O)[C@@H]1CCCN(Cc2ccc(Cl)cc2Cl)C1. The third kappa shape index (κ3) is 6.23. The van der Waals surface area contributed by atoms with Crippen molar-refractivity contribution < 1.29 is 4.79 Å². The maximum Gasteiger partial charge on any atom is 0.224 e. The number of benzene rings is 2. The second-order valence-corrected chi connectivity index (χ2v) is 8.59. The van der Waals surface area contributed by atoms with E-state index in [1.165, 1.54) is 5.56 Å². The average Bonchev–Trinajstić information content (AvgIpc) is 2.69. The largest absolute Gasteiger partial charge is 0.353 e. The standard InChI is InChI=1S/C23H28Cl2N2O/c1-17(9-10-18-6-3-2-4-7-18)26-23(28)20-8-5-13-27(16-20)15-19-11-12-21(24)14-22(19)25/h2-4,6-7,11-12,14,17,20H,5,8-10,13,15-16H2,1H3,(H,26,28)/t17-,20+/m0/s1. The number of carbonyl (C=O) groups is 1. The monoisotopic (exact) mass is 418 g/mol. The van der Waals surface area contributed by atoms with Crippen molar-refractivity contribution in [2.45, 2.75) is 45.2 Å². The number of aryl methyl sites for hydroxylation is 1. The van der Waals surface area contributed by atoms with Gasteiger partial charge >= 0.3 is 0 Å². The number of carbonyl (C=O) groups excluding carboxylic acids is 1. The van der Waals surface area contributed by atoms with Gasteiger partial charge in [0.15, 0.2) is 0 Å². The van der Waals surface area contributed by atoms with Gasteiger partial charge in [-0.1, -0.05) is 59.6 Å². The molecule has 3 nitrogen and oxygen atoms in total. The average molecular weight is 419 g/mol. The van der Waals surface area contributed by atoms with Crippen LogP contribution in [0.25, 0.3) is 0 Å². The molecule has 3 rings (SSSR count). The van der Waals surface area contributed by atoms with Gasteiger partial charge in [0.05, 0.1) is 5.92 Å². The van der Waals surface area contributed by atoms with Gasteiger partial charge < -0.3 is 5.32 Å². The number of rotatable bonds is 7. The molecule has 1 saturated heterocycles. The zero-order valence-corrected chi connectivity index (χ0v) is 17.8. The van der Waals surface area contributed by atoms with Crippen LogP contribution in [-0.4, -0.2) is 29.9 Å². The third-order valence-corrected chi connectivity index (χ3v) is 5.97. The molecule has 0 bridgehead atoms. The molecule has 1 heterocycles. The van der Waals surface area contributed by atoms with E-state index in [1.807, 2.05) is 18.2 Å². The first kappa shape index (κ1) is 21.2. The summed E-state index contributed by atoms with van der Waals surface area (Å²) in [4.78, 5) is 15.1. The van der Waals surface area contributed by atoms with Crippen LogP contribution in [0.3, 0.4) is 0 Å². The number of piperidine rings is 1. The van der Waals surface area contributed by atoms with Crippen LogP contribution in [0.2, 0.25) is 10.0 Å². The molecule has 2 aromatic rings. The van der Waals surface area contributed by atoms with Crippen molar-refractivity contribution in [3.05, 3.63) is 69.7 Å². The Bertz CT molecular complexity index is 781. The van der Waals surface area contributed by atoms with E-state index in [4.69, 9.17) is 23.2 Å². The second kappa shape index (κ2) is 10.3. The van der Waals surface area contributed by atoms with Gasteiger partial charge in [-0.15, -0.1) is 0 Å². The zero-order valence-electron chi connectivity index (χ0n) is 16.3. The van der Waals surface area contributed by atoms with Crippen molar-refractivity contribution in [3.63, 3.8) is 0 Å². The van der Waals surface area contributed by atoms with Crippen LogP contribution in [0.4, 0.5) is 0 Å². The topological polar surface area (TPSA) is 32.3 Å². The molecule has 1 aliphatic heterocycles. The summed E-state index contributed by atoms with van der Waals surface area (Å²) in [6.07, 6.45) is 3.91. The fraction of sp³-hybridized carbons (Fsp3) is 0.435. The maximum absolute atomic E-state index is 12.7. The molecular formula is C23H28Cl2N2O. The Labute approximate surface area is 178 Å². The van der Waals surface area contributed by atoms with Crippen LogP contribution in [0.5, 0.6) is 0 Å². The van der Waals surface area contributed by atoms with Crippen molar-refractivity contribution in [2.75, 3.05) is 13.1 Å². The molecular weight excluding hydrogens is 391 g/mol. The van der Waals surface area contributed by atoms with Gasteiger partial charge in [-0.05, 0) is 62.4 Å². The summed E-state index contributed by atoms with van der Waals surface area (Å²) >= 11 is 12.3. The smallest absolute Gasteiger partial charge is 0.224 e. The van der Waals surface area contributed by atoms with Gasteiger partial charge in [0, 0.05) is 29.2 Å². The Morgan fingerprint density at radius 3 is 2.75 bits per heavy atom. The molecule has 1 fully saturated rings. The molecule has 5 heteroatoms. The Morgan fingerprint density at radius 2 is 2.00 bits per heavy atom. The number of nitrogens with zero attached hydrogens (tertiary/aromatic N) is 1. The summed E-state index contributed by atoms with van der Waals surface area (Å²) in [7, 11) is 0. The van der Waals surface area contributed by atoms with Crippen LogP contribution in [0.1, 0.15) is 37.3 Å². The molecule has 2 aromatic carbocycles. The van der Waals surface area contributed by atoms with Gasteiger partial charge in [0.25, 0.3) is 0 Å². The fourth-order valence-corrected chi connectivity index (χ4v) is 4.23. The van der Waals surface area contributed by atoms with Crippen molar-refractivity contribution in [3.8, 4) is 0 Å². The number of likely N-dealkylation sites (tertiary alicyclic amines) is 1. The number of amides is 1. The lowest BCUT2D eigenvalue weighted by Gasteiger charge is -2.32. The molecule has 0 saturated carbocycles. The molecule has 2 atom stereocenters. The van der Waals surface area contributed by atoms with Crippen molar-refractivity contribution in [1.29, 1.82) is 0 Å². The number of halogens is 2. The molecule has 0 unspecified atom stereocenters. The summed E-state index contributed by atoms with van der Waals surface area (Å²) < 4.78 is 0. The minimum absolute atomic E-state index is 0.0407. The molecule has 0 spiro atoms. The van der Waals surface area contributed by atoms with Crippen LogP contribution in [0.15, 0.2) is 48.5 Å². The van der Waals surface area contributed by atoms with Gasteiger partial charge in [-0.2, -0.15) is 0 Å². The van der Waals surface area contributed by atoms with E-state index < -0.39 is 0 Å². The van der Waals surface area contributed by atoms with Gasteiger partial charge in [-0.3, -0.25) is 9.69 Å². The van der Waals surface area contributed by atoms with Gasteiger partial charge in [0.1, 0.15) is 0 Å². The van der Waals surface area contributed by atoms with Crippen molar-refractivity contribution >= 4 is 29.1 Å². The second-order valence-electron chi connectivity index (χ2n) is 7.74. The highest BCUT2D eigenvalue weighted by Gasteiger charge is 2.26. The van der Waals surface area contributed by atoms with E-state index in [0.717, 1.165) is 50.9 Å². The van der Waals surface area contributed by atoms with Crippen LogP contribution >= 0.6 is 23.2 Å². The lowest BCUT2D eigenvalue weighted by molar-refractivity contribution is -0.127. The highest BCUT2D eigenvalue weighted by molar-refractivity contribution is 6.35. The Hall–Kier alpha value is -1.55. The number of nitrogens with one attached hydrogen (secondary N) is 1. The molecule has 150 valence electrons. The summed E-state index contributed by atoms with van der Waals surface area (Å²) in [5, 5.41) is 4.55. The highest BCUT2D eigenvalue weighted by atomic mass is 35.5. The van der Waals surface area contributed by atoms with Gasteiger partial charge in [0.2, 0.25) is 5.91 Å². The Balaban J connectivity index is 1.48. The van der Waals surface area contributed by atoms with Crippen LogP contribution in [-0.2, 0) is 17.8 Å². The maximum atomic E-state index is 12.7. The summed E-state index contributed by atoms with van der Waals surface area (Å²) in [6, 6.07) is 16.2. The first-order valence-electron chi connectivity index (χ1n) is 10.0. The molecule has 28 heavy (non-hydrogen) atoms. The molecule has 1 N–H and O–H groups in total. The van der Waals surface area contributed by atoms with E-state index in [9.17, 15) is 4.79 Å². The third-order valence-electron chi connectivity index (χ3n) is 5.38. The predicted octanol–water partition coefficient (Wildman–Crippen LogP) is 5.34. The molecule has 0 aliphatic carbocycles. The predicted molar refractivity (Wildman–Crippen MR) is 117 cm³/mol. The van der Waals surface area contributed by atoms with E-state index in [0.29, 0.717) is 10.0 Å². The van der Waals surface area contributed by atoms with Gasteiger partial charge in [-0.25, -0.2) is 0 Å². The van der Waals surface area contributed by atoms with Crippen LogP contribution in [0, 0.1) is 5.92 Å². The van der Waals surface area contributed by atoms with E-state index in [-0.39, 0.29) is 17.9 Å². The minimum atomic E-state index is 0.0407. The van der Waals surface area contributed by atoms with Crippen molar-refractivity contribution in [1.82, 2.24) is 10.2 Å². The van der Waals surface area contributed by atoms with E-state index >= 15 is 0 Å². The van der Waals surface area contributed by atoms with Crippen LogP contribution < -0.4 is 5.32 Å². The summed E-state index contributed by atoms with van der Waals surface area (Å²) in [6.45, 7) is 4.61. The first-order valence-corrected chi connectivity index (χ1v) is 10.8.